The number of anilines is 1. The molecular formula is C24H28FN3O3. The first-order valence-corrected chi connectivity index (χ1v) is 10.9. The summed E-state index contributed by atoms with van der Waals surface area (Å²) in [6, 6.07) is 13.5. The van der Waals surface area contributed by atoms with Gasteiger partial charge in [-0.05, 0) is 55.5 Å². The summed E-state index contributed by atoms with van der Waals surface area (Å²) in [6.07, 6.45) is 3.51. The Balaban J connectivity index is 1.26. The van der Waals surface area contributed by atoms with Crippen molar-refractivity contribution < 1.29 is 18.7 Å². The molecule has 2 fully saturated rings. The quantitative estimate of drug-likeness (QED) is 0.778. The van der Waals surface area contributed by atoms with E-state index in [1.807, 2.05) is 28.0 Å². The highest BCUT2D eigenvalue weighted by atomic mass is 19.1. The van der Waals surface area contributed by atoms with Crippen LogP contribution in [-0.4, -0.2) is 47.9 Å². The zero-order valence-corrected chi connectivity index (χ0v) is 17.6. The molecular weight excluding hydrogens is 397 g/mol. The predicted molar refractivity (Wildman–Crippen MR) is 116 cm³/mol. The summed E-state index contributed by atoms with van der Waals surface area (Å²) in [6.45, 7) is 3.25. The second kappa shape index (κ2) is 9.81. The van der Waals surface area contributed by atoms with Crippen molar-refractivity contribution in [3.05, 3.63) is 59.9 Å². The van der Waals surface area contributed by atoms with Crippen LogP contribution < -0.4 is 10.1 Å². The molecule has 2 aliphatic heterocycles. The molecule has 2 saturated heterocycles. The molecule has 0 saturated carbocycles. The molecule has 0 atom stereocenters. The number of benzene rings is 2. The smallest absolute Gasteiger partial charge is 0.319 e. The molecule has 3 amide bonds. The third-order valence-corrected chi connectivity index (χ3v) is 5.93. The number of urea groups is 1. The minimum atomic E-state index is -0.278. The number of likely N-dealkylation sites (tertiary alicyclic amines) is 2. The first-order valence-electron chi connectivity index (χ1n) is 10.9. The van der Waals surface area contributed by atoms with Crippen molar-refractivity contribution in [1.29, 1.82) is 0 Å². The number of nitrogens with one attached hydrogen (secondary N) is 1. The van der Waals surface area contributed by atoms with Crippen LogP contribution in [-0.2, 0) is 11.4 Å². The molecule has 4 rings (SSSR count). The molecule has 0 aromatic heterocycles. The van der Waals surface area contributed by atoms with Crippen LogP contribution in [0, 0.1) is 11.7 Å². The van der Waals surface area contributed by atoms with Gasteiger partial charge in [0.1, 0.15) is 18.2 Å². The van der Waals surface area contributed by atoms with Gasteiger partial charge in [-0.1, -0.05) is 18.2 Å². The number of ether oxygens (including phenoxy) is 1. The lowest BCUT2D eigenvalue weighted by Gasteiger charge is -2.34. The van der Waals surface area contributed by atoms with Gasteiger partial charge in [-0.3, -0.25) is 4.79 Å². The molecule has 2 heterocycles. The normalized spacial score (nSPS) is 16.9. The average Bonchev–Trinajstić information content (AvgIpc) is 3.34. The highest BCUT2D eigenvalue weighted by Crippen LogP contribution is 2.23. The predicted octanol–water partition coefficient (Wildman–Crippen LogP) is 4.27. The Kier molecular flexibility index (Phi) is 6.70. The molecule has 0 unspecified atom stereocenters. The van der Waals surface area contributed by atoms with E-state index in [-0.39, 0.29) is 23.7 Å². The largest absolute Gasteiger partial charge is 0.489 e. The van der Waals surface area contributed by atoms with Gasteiger partial charge < -0.3 is 19.9 Å². The third-order valence-electron chi connectivity index (χ3n) is 5.93. The number of halogens is 1. The van der Waals surface area contributed by atoms with Gasteiger partial charge in [0.15, 0.2) is 0 Å². The minimum absolute atomic E-state index is 0.0241. The summed E-state index contributed by atoms with van der Waals surface area (Å²) in [5, 5.41) is 2.97. The van der Waals surface area contributed by atoms with E-state index >= 15 is 0 Å². The fourth-order valence-electron chi connectivity index (χ4n) is 4.10. The monoisotopic (exact) mass is 425 g/mol. The number of hydrogen-bond donors (Lipinski definition) is 1. The van der Waals surface area contributed by atoms with Gasteiger partial charge in [0.05, 0.1) is 0 Å². The lowest BCUT2D eigenvalue weighted by Crippen LogP contribution is -2.47. The molecule has 0 radical (unpaired) electrons. The lowest BCUT2D eigenvalue weighted by molar-refractivity contribution is -0.121. The number of rotatable bonds is 5. The van der Waals surface area contributed by atoms with Gasteiger partial charge >= 0.3 is 6.03 Å². The number of carbonyl (C=O) groups excluding carboxylic acids is 2. The lowest BCUT2D eigenvalue weighted by atomic mass is 9.96. The second-order valence-corrected chi connectivity index (χ2v) is 8.17. The Morgan fingerprint density at radius 3 is 2.35 bits per heavy atom. The van der Waals surface area contributed by atoms with Crippen molar-refractivity contribution >= 4 is 17.6 Å². The number of piperidine rings is 1. The molecule has 0 spiro atoms. The molecule has 31 heavy (non-hydrogen) atoms. The maximum atomic E-state index is 13.0. The average molecular weight is 426 g/mol. The van der Waals surface area contributed by atoms with Crippen molar-refractivity contribution in [2.45, 2.75) is 32.3 Å². The minimum Gasteiger partial charge on any atom is -0.489 e. The molecule has 164 valence electrons. The van der Waals surface area contributed by atoms with Crippen LogP contribution in [0.1, 0.15) is 31.2 Å². The molecule has 0 bridgehead atoms. The van der Waals surface area contributed by atoms with Gasteiger partial charge in [0.25, 0.3) is 0 Å². The molecule has 1 N–H and O–H groups in total. The van der Waals surface area contributed by atoms with Crippen molar-refractivity contribution in [3.8, 4) is 5.75 Å². The maximum absolute atomic E-state index is 13.0. The van der Waals surface area contributed by atoms with Crippen LogP contribution in [0.4, 0.5) is 14.9 Å². The van der Waals surface area contributed by atoms with Gasteiger partial charge in [-0.2, -0.15) is 0 Å². The molecule has 7 heteroatoms. The van der Waals surface area contributed by atoms with Crippen LogP contribution in [0.2, 0.25) is 0 Å². The first kappa shape index (κ1) is 21.2. The number of hydrogen-bond acceptors (Lipinski definition) is 3. The summed E-state index contributed by atoms with van der Waals surface area (Å²) >= 11 is 0. The fourth-order valence-corrected chi connectivity index (χ4v) is 4.10. The molecule has 6 nitrogen and oxygen atoms in total. The standard InChI is InChI=1S/C24H28FN3O3/c25-20-8-6-18(7-9-20)17-31-22-5-3-4-21(16-22)26-23(29)19-10-14-28(15-11-19)24(30)27-12-1-2-13-27/h3-9,16,19H,1-2,10-15,17H2,(H,26,29). The highest BCUT2D eigenvalue weighted by molar-refractivity contribution is 5.93. The first-order chi connectivity index (χ1) is 15.1. The molecule has 2 aliphatic rings. The summed E-state index contributed by atoms with van der Waals surface area (Å²) in [5.41, 5.74) is 1.54. The van der Waals surface area contributed by atoms with E-state index in [9.17, 15) is 14.0 Å². The molecule has 2 aromatic carbocycles. The summed E-state index contributed by atoms with van der Waals surface area (Å²) in [4.78, 5) is 29.0. The number of amides is 3. The van der Waals surface area contributed by atoms with Gasteiger partial charge in [0, 0.05) is 43.9 Å². The van der Waals surface area contributed by atoms with Crippen molar-refractivity contribution in [1.82, 2.24) is 9.80 Å². The summed E-state index contributed by atoms with van der Waals surface area (Å²) in [5.74, 6) is 0.225. The van der Waals surface area contributed by atoms with Crippen LogP contribution >= 0.6 is 0 Å². The van der Waals surface area contributed by atoms with E-state index in [2.05, 4.69) is 5.32 Å². The van der Waals surface area contributed by atoms with Crippen molar-refractivity contribution in [3.63, 3.8) is 0 Å². The third kappa shape index (κ3) is 5.54. The van der Waals surface area contributed by atoms with Crippen LogP contribution in [0.3, 0.4) is 0 Å². The van der Waals surface area contributed by atoms with Crippen LogP contribution in [0.25, 0.3) is 0 Å². The Labute approximate surface area is 182 Å². The second-order valence-electron chi connectivity index (χ2n) is 8.17. The molecule has 0 aliphatic carbocycles. The van der Waals surface area contributed by atoms with E-state index in [1.165, 1.54) is 12.1 Å². The Morgan fingerprint density at radius 2 is 1.65 bits per heavy atom. The summed E-state index contributed by atoms with van der Waals surface area (Å²) in [7, 11) is 0. The Bertz CT molecular complexity index is 905. The topological polar surface area (TPSA) is 61.9 Å². The van der Waals surface area contributed by atoms with Crippen LogP contribution in [0.5, 0.6) is 5.75 Å². The van der Waals surface area contributed by atoms with Crippen molar-refractivity contribution in [2.24, 2.45) is 5.92 Å². The fraction of sp³-hybridized carbons (Fsp3) is 0.417. The van der Waals surface area contributed by atoms with E-state index < -0.39 is 0 Å². The Morgan fingerprint density at radius 1 is 0.968 bits per heavy atom. The highest BCUT2D eigenvalue weighted by Gasteiger charge is 2.30. The van der Waals surface area contributed by atoms with Gasteiger partial charge in [-0.15, -0.1) is 0 Å². The zero-order valence-electron chi connectivity index (χ0n) is 17.6. The van der Waals surface area contributed by atoms with E-state index in [0.29, 0.717) is 44.0 Å². The summed E-state index contributed by atoms with van der Waals surface area (Å²) < 4.78 is 18.8. The number of carbonyl (C=O) groups is 2. The van der Waals surface area contributed by atoms with E-state index in [1.54, 1.807) is 18.2 Å². The zero-order chi connectivity index (χ0) is 21.6. The van der Waals surface area contributed by atoms with E-state index in [0.717, 1.165) is 31.5 Å². The van der Waals surface area contributed by atoms with Crippen LogP contribution in [0.15, 0.2) is 48.5 Å². The van der Waals surface area contributed by atoms with Crippen molar-refractivity contribution in [2.75, 3.05) is 31.5 Å². The maximum Gasteiger partial charge on any atom is 0.319 e. The molecule has 2 aromatic rings. The van der Waals surface area contributed by atoms with Gasteiger partial charge in [-0.25, -0.2) is 9.18 Å². The SMILES string of the molecule is O=C(Nc1cccc(OCc2ccc(F)cc2)c1)C1CCN(C(=O)N2CCCC2)CC1. The Hall–Kier alpha value is -3.09. The van der Waals surface area contributed by atoms with Gasteiger partial charge in [0.2, 0.25) is 5.91 Å². The number of nitrogens with zero attached hydrogens (tertiary/aromatic N) is 2. The van der Waals surface area contributed by atoms with E-state index in [4.69, 9.17) is 4.74 Å².